The number of aryl methyl sites for hydroxylation is 1. The molecule has 390 valence electrons. The maximum atomic E-state index is 5.72. The molecule has 0 bridgehead atoms. The molecule has 4 aliphatic rings. The van der Waals surface area contributed by atoms with Crippen molar-refractivity contribution in [2.24, 2.45) is 34.8 Å². The molecule has 0 amide bonds. The van der Waals surface area contributed by atoms with Gasteiger partial charge in [-0.3, -0.25) is 4.98 Å². The normalized spacial score (nSPS) is 19.9. The average molecular weight is 976 g/mol. The van der Waals surface area contributed by atoms with Crippen LogP contribution in [0, 0.1) is 29.1 Å². The molecule has 4 fully saturated rings. The van der Waals surface area contributed by atoms with E-state index in [9.17, 15) is 0 Å². The highest BCUT2D eigenvalue weighted by molar-refractivity contribution is 5.95. The van der Waals surface area contributed by atoms with Crippen molar-refractivity contribution in [3.8, 4) is 22.4 Å². The largest absolute Gasteiger partial charge is 0.378 e. The van der Waals surface area contributed by atoms with Gasteiger partial charge in [-0.05, 0) is 160 Å². The summed E-state index contributed by atoms with van der Waals surface area (Å²) in [4.78, 5) is 9.92. The summed E-state index contributed by atoms with van der Waals surface area (Å²) in [7, 11) is 4.53. The van der Waals surface area contributed by atoms with Gasteiger partial charge < -0.3 is 30.4 Å². The Morgan fingerprint density at radius 1 is 0.944 bits per heavy atom. The standard InChI is InChI=1S/C57H81N7.C7H13N/c1-13-15-29-57(9,10)36-50-49-35-47(27-28-53(49)63(14-2)56(50)48-26-21-30-58-54(48)39(3)4)46-25-20-22-44(33-46)34-52(43(8)64-32-19-18-31-59-64)60-41(6)55(45-23-16-17-24-45)62(12)42(7)51-38-61(11)37-40(51)5;1-2-3-7(8)6-4-5-6/h13,20-22,25-28,30,33,35,39-40,45,51-52,55,59-60H,1,6-8,14-19,23-24,29,31-32,34,36-38H2,2-5,9-12H3;2,6-7H,1,3-5,8H2/t;7-/m.0/s1. The molecule has 2 saturated heterocycles. The summed E-state index contributed by atoms with van der Waals surface area (Å²) in [5.74, 6) is 2.73. The number of allylic oxidation sites excluding steroid dienone is 1. The molecule has 2 aromatic carbocycles. The lowest BCUT2D eigenvalue weighted by molar-refractivity contribution is 0.182. The fourth-order valence-corrected chi connectivity index (χ4v) is 12.5. The topological polar surface area (TPSA) is 77.6 Å². The maximum Gasteiger partial charge on any atom is 0.0707 e. The van der Waals surface area contributed by atoms with Gasteiger partial charge in [-0.1, -0.05) is 110 Å². The van der Waals surface area contributed by atoms with Crippen molar-refractivity contribution in [1.82, 2.24) is 35.1 Å². The first kappa shape index (κ1) is 54.9. The van der Waals surface area contributed by atoms with E-state index in [-0.39, 0.29) is 17.5 Å². The Morgan fingerprint density at radius 2 is 1.69 bits per heavy atom. The van der Waals surface area contributed by atoms with Crippen LogP contribution in [0.5, 0.6) is 0 Å². The number of pyridine rings is 1. The van der Waals surface area contributed by atoms with Gasteiger partial charge in [-0.2, -0.15) is 0 Å². The van der Waals surface area contributed by atoms with Gasteiger partial charge in [0.05, 0.1) is 23.5 Å². The first-order valence-corrected chi connectivity index (χ1v) is 28.0. The summed E-state index contributed by atoms with van der Waals surface area (Å²) < 4.78 is 2.54. The predicted octanol–water partition coefficient (Wildman–Crippen LogP) is 13.7. The van der Waals surface area contributed by atoms with Gasteiger partial charge >= 0.3 is 0 Å². The van der Waals surface area contributed by atoms with Crippen molar-refractivity contribution < 1.29 is 0 Å². The molecule has 4 aromatic rings. The van der Waals surface area contributed by atoms with Crippen molar-refractivity contribution in [3.63, 3.8) is 0 Å². The van der Waals surface area contributed by atoms with Crippen LogP contribution >= 0.6 is 0 Å². The van der Waals surface area contributed by atoms with Gasteiger partial charge in [0.25, 0.3) is 0 Å². The van der Waals surface area contributed by atoms with Crippen LogP contribution in [0.15, 0.2) is 123 Å². The van der Waals surface area contributed by atoms with E-state index in [1.807, 2.05) is 12.3 Å². The second kappa shape index (κ2) is 24.9. The number of nitrogens with one attached hydrogen (secondary N) is 2. The fourth-order valence-electron chi connectivity index (χ4n) is 12.5. The molecule has 8 nitrogen and oxygen atoms in total. The lowest BCUT2D eigenvalue weighted by Gasteiger charge is -2.42. The van der Waals surface area contributed by atoms with Crippen LogP contribution in [0.4, 0.5) is 0 Å². The first-order valence-electron chi connectivity index (χ1n) is 28.0. The minimum absolute atomic E-state index is 0.0295. The Labute approximate surface area is 437 Å². The van der Waals surface area contributed by atoms with Crippen molar-refractivity contribution in [3.05, 3.63) is 140 Å². The predicted molar refractivity (Wildman–Crippen MR) is 308 cm³/mol. The van der Waals surface area contributed by atoms with E-state index in [1.165, 1.54) is 95.1 Å². The first-order chi connectivity index (χ1) is 34.5. The Balaban J connectivity index is 0.000000865. The number of aromatic nitrogens is 2. The Kier molecular flexibility index (Phi) is 19.0. The van der Waals surface area contributed by atoms with Crippen LogP contribution in [-0.2, 0) is 19.4 Å². The molecule has 5 atom stereocenters. The molecular formula is C64H94N8. The summed E-state index contributed by atoms with van der Waals surface area (Å²) in [6.45, 7) is 41.2. The van der Waals surface area contributed by atoms with Crippen molar-refractivity contribution >= 4 is 10.9 Å². The average Bonchev–Trinajstić information content (AvgIpc) is 3.87. The van der Waals surface area contributed by atoms with E-state index >= 15 is 0 Å². The second-order valence-electron chi connectivity index (χ2n) is 23.4. The highest BCUT2D eigenvalue weighted by Crippen LogP contribution is 2.43. The van der Waals surface area contributed by atoms with Gasteiger partial charge in [-0.15, -0.1) is 13.2 Å². The number of likely N-dealkylation sites (tertiary alicyclic amines) is 1. The van der Waals surface area contributed by atoms with Crippen molar-refractivity contribution in [2.45, 2.75) is 156 Å². The molecule has 2 saturated carbocycles. The third kappa shape index (κ3) is 13.3. The quantitative estimate of drug-likeness (QED) is 0.0639. The van der Waals surface area contributed by atoms with Crippen LogP contribution in [-0.4, -0.2) is 82.8 Å². The van der Waals surface area contributed by atoms with E-state index in [2.05, 4.69) is 160 Å². The molecule has 2 aromatic heterocycles. The number of hydrogen-bond donors (Lipinski definition) is 3. The molecule has 4 unspecified atom stereocenters. The van der Waals surface area contributed by atoms with Gasteiger partial charge in [0.2, 0.25) is 0 Å². The molecule has 4 heterocycles. The number of rotatable bonds is 23. The smallest absolute Gasteiger partial charge is 0.0707 e. The molecule has 2 aliphatic carbocycles. The van der Waals surface area contributed by atoms with E-state index in [4.69, 9.17) is 30.5 Å². The van der Waals surface area contributed by atoms with E-state index < -0.39 is 0 Å². The van der Waals surface area contributed by atoms with Crippen molar-refractivity contribution in [1.29, 1.82) is 0 Å². The fraction of sp³-hybridized carbons (Fsp3) is 0.547. The summed E-state index contributed by atoms with van der Waals surface area (Å²) in [5.41, 5.74) is 23.1. The van der Waals surface area contributed by atoms with Crippen LogP contribution in [0.2, 0.25) is 0 Å². The van der Waals surface area contributed by atoms with Crippen LogP contribution < -0.4 is 16.5 Å². The maximum absolute atomic E-state index is 5.72. The number of nitrogens with zero attached hydrogens (tertiary/aromatic N) is 5. The minimum atomic E-state index is -0.0295. The lowest BCUT2D eigenvalue weighted by atomic mass is 9.80. The Bertz CT molecular complexity index is 2480. The number of fused-ring (bicyclic) bond motifs is 1. The summed E-state index contributed by atoms with van der Waals surface area (Å²) in [5, 5.41) is 7.72. The monoisotopic (exact) mass is 975 g/mol. The van der Waals surface area contributed by atoms with Crippen LogP contribution in [0.3, 0.4) is 0 Å². The molecule has 8 rings (SSSR count). The molecule has 2 aliphatic heterocycles. The zero-order valence-corrected chi connectivity index (χ0v) is 46.1. The zero-order chi connectivity index (χ0) is 51.7. The molecule has 72 heavy (non-hydrogen) atoms. The molecular weight excluding hydrogens is 881 g/mol. The number of hydrogen-bond acceptors (Lipinski definition) is 7. The third-order valence-electron chi connectivity index (χ3n) is 16.7. The molecule has 0 spiro atoms. The van der Waals surface area contributed by atoms with E-state index in [0.29, 0.717) is 29.7 Å². The van der Waals surface area contributed by atoms with E-state index in [1.54, 1.807) is 0 Å². The number of likely N-dealkylation sites (N-methyl/N-ethyl adjacent to an activating group) is 1. The summed E-state index contributed by atoms with van der Waals surface area (Å²) >= 11 is 0. The highest BCUT2D eigenvalue weighted by Gasteiger charge is 2.38. The van der Waals surface area contributed by atoms with Gasteiger partial charge in [0, 0.05) is 91.5 Å². The van der Waals surface area contributed by atoms with Gasteiger partial charge in [0.15, 0.2) is 0 Å². The van der Waals surface area contributed by atoms with Gasteiger partial charge in [0.1, 0.15) is 0 Å². The lowest BCUT2D eigenvalue weighted by Crippen LogP contribution is -2.51. The number of nitrogens with two attached hydrogens (primary N) is 1. The van der Waals surface area contributed by atoms with Gasteiger partial charge in [-0.25, -0.2) is 5.43 Å². The number of benzene rings is 2. The molecule has 4 N–H and O–H groups in total. The van der Waals surface area contributed by atoms with Crippen molar-refractivity contribution in [2.75, 3.05) is 40.3 Å². The Hall–Kier alpha value is -4.89. The van der Waals surface area contributed by atoms with Crippen LogP contribution in [0.25, 0.3) is 33.3 Å². The summed E-state index contributed by atoms with van der Waals surface area (Å²) in [6.07, 6.45) is 20.8. The zero-order valence-electron chi connectivity index (χ0n) is 46.1. The second-order valence-corrected chi connectivity index (χ2v) is 23.4. The van der Waals surface area contributed by atoms with E-state index in [0.717, 1.165) is 94.3 Å². The Morgan fingerprint density at radius 3 is 2.33 bits per heavy atom. The third-order valence-corrected chi connectivity index (χ3v) is 16.7. The minimum Gasteiger partial charge on any atom is -0.378 e. The summed E-state index contributed by atoms with van der Waals surface area (Å²) in [6, 6.07) is 21.4. The van der Waals surface area contributed by atoms with Crippen LogP contribution in [0.1, 0.15) is 135 Å². The molecule has 8 heteroatoms. The highest BCUT2D eigenvalue weighted by atomic mass is 15.5. The number of hydrazine groups is 1. The molecule has 0 radical (unpaired) electrons. The SMILES string of the molecule is C=CCCC(C)(C)Cc1c(-c2cccnc2C(C)C)n(CC)c2ccc(-c3cccc(CC(NC(=C)C(C4CCCC4)N(C)C(=C)C4CN(C)CC4C)C(=C)N4CCCCN4)c3)cc12.C=CC[C@H](N)C1CC1.